The molecule has 0 saturated heterocycles. The quantitative estimate of drug-likeness (QED) is 0.592. The topological polar surface area (TPSA) is 97.5 Å². The monoisotopic (exact) mass is 412 g/mol. The third kappa shape index (κ3) is 4.83. The molecule has 0 saturated carbocycles. The fourth-order valence-corrected chi connectivity index (χ4v) is 2.87. The Morgan fingerprint density at radius 1 is 1.34 bits per heavy atom. The summed E-state index contributed by atoms with van der Waals surface area (Å²) in [6.45, 7) is 0.983. The van der Waals surface area contributed by atoms with Crippen LogP contribution in [0.25, 0.3) is 5.65 Å². The van der Waals surface area contributed by atoms with Crippen molar-refractivity contribution >= 4 is 11.6 Å². The number of hydrogen-bond acceptors (Lipinski definition) is 6. The van der Waals surface area contributed by atoms with E-state index in [0.717, 1.165) is 9.08 Å². The zero-order chi connectivity index (χ0) is 21.2. The molecule has 9 nitrogen and oxygen atoms in total. The van der Waals surface area contributed by atoms with Crippen LogP contribution in [-0.4, -0.2) is 54.8 Å². The zero-order valence-corrected chi connectivity index (χ0v) is 15.7. The Morgan fingerprint density at radius 2 is 2.10 bits per heavy atom. The van der Waals surface area contributed by atoms with E-state index in [0.29, 0.717) is 5.69 Å². The second kappa shape index (κ2) is 8.07. The number of aromatic nitrogens is 5. The molecule has 0 amide bonds. The minimum atomic E-state index is -4.35. The Bertz CT molecular complexity index is 1070. The predicted octanol–water partition coefficient (Wildman–Crippen LogP) is 1.59. The van der Waals surface area contributed by atoms with Gasteiger partial charge >= 0.3 is 12.1 Å². The summed E-state index contributed by atoms with van der Waals surface area (Å²) in [4.78, 5) is 34.3. The van der Waals surface area contributed by atoms with Crippen molar-refractivity contribution in [3.05, 3.63) is 52.1 Å². The maximum atomic E-state index is 12.7. The molecule has 0 bridgehead atoms. The van der Waals surface area contributed by atoms with Crippen LogP contribution in [0.4, 0.5) is 13.2 Å². The van der Waals surface area contributed by atoms with Crippen molar-refractivity contribution < 1.29 is 22.7 Å². The minimum Gasteiger partial charge on any atom is -0.462 e. The molecule has 29 heavy (non-hydrogen) atoms. The van der Waals surface area contributed by atoms with Gasteiger partial charge in [0.2, 0.25) is 0 Å². The first-order chi connectivity index (χ1) is 13.7. The van der Waals surface area contributed by atoms with Gasteiger partial charge in [-0.1, -0.05) is 0 Å². The first kappa shape index (κ1) is 20.6. The van der Waals surface area contributed by atoms with Gasteiger partial charge in [-0.05, 0) is 14.0 Å². The summed E-state index contributed by atoms with van der Waals surface area (Å²) in [5, 5.41) is 2.65. The molecule has 0 unspecified atom stereocenters. The van der Waals surface area contributed by atoms with Crippen LogP contribution < -0.4 is 5.56 Å². The molecule has 3 aromatic rings. The standard InChI is InChI=1S/C17H19F3N6O3/c1-3-29-16(28)12-7-22-26-14(27)6-11(23-15(12)26)8-24(2)9-13-21-4-5-25(13)10-17(18,19)20/h4-7,22H,3,8-10H2,1-2H3. The summed E-state index contributed by atoms with van der Waals surface area (Å²) in [5.74, 6) is -0.380. The van der Waals surface area contributed by atoms with E-state index < -0.39 is 24.2 Å². The summed E-state index contributed by atoms with van der Waals surface area (Å²) in [6, 6.07) is 1.29. The highest BCUT2D eigenvalue weighted by atomic mass is 19.4. The summed E-state index contributed by atoms with van der Waals surface area (Å²) < 4.78 is 45.0. The third-order valence-electron chi connectivity index (χ3n) is 4.04. The Morgan fingerprint density at radius 3 is 2.79 bits per heavy atom. The molecule has 3 rings (SSSR count). The largest absolute Gasteiger partial charge is 0.462 e. The fourth-order valence-electron chi connectivity index (χ4n) is 2.87. The molecule has 1 N–H and O–H groups in total. The van der Waals surface area contributed by atoms with Crippen LogP contribution in [0, 0.1) is 0 Å². The Kier molecular flexibility index (Phi) is 5.73. The van der Waals surface area contributed by atoms with E-state index in [-0.39, 0.29) is 36.7 Å². The number of carbonyl (C=O) groups excluding carboxylic acids is 1. The van der Waals surface area contributed by atoms with E-state index in [9.17, 15) is 22.8 Å². The van der Waals surface area contributed by atoms with E-state index in [1.165, 1.54) is 24.7 Å². The van der Waals surface area contributed by atoms with Crippen LogP contribution in [0.1, 0.15) is 28.8 Å². The van der Waals surface area contributed by atoms with E-state index >= 15 is 0 Å². The fraction of sp³-hybridized carbons (Fsp3) is 0.412. The summed E-state index contributed by atoms with van der Waals surface area (Å²) >= 11 is 0. The number of rotatable bonds is 7. The minimum absolute atomic E-state index is 0.113. The number of alkyl halides is 3. The van der Waals surface area contributed by atoms with Gasteiger partial charge in [-0.15, -0.1) is 0 Å². The Hall–Kier alpha value is -3.15. The summed E-state index contributed by atoms with van der Waals surface area (Å²) in [7, 11) is 1.67. The molecule has 0 spiro atoms. The summed E-state index contributed by atoms with van der Waals surface area (Å²) in [6.07, 6.45) is -0.452. The van der Waals surface area contributed by atoms with Crippen LogP contribution in [0.5, 0.6) is 0 Å². The molecular formula is C17H19F3N6O3. The number of nitrogens with zero attached hydrogens (tertiary/aromatic N) is 5. The average Bonchev–Trinajstić information content (AvgIpc) is 3.21. The van der Waals surface area contributed by atoms with Crippen LogP contribution in [0.3, 0.4) is 0 Å². The van der Waals surface area contributed by atoms with Gasteiger partial charge in [-0.3, -0.25) is 14.8 Å². The molecule has 0 aliphatic heterocycles. The van der Waals surface area contributed by atoms with E-state index in [1.54, 1.807) is 18.9 Å². The van der Waals surface area contributed by atoms with Crippen LogP contribution in [-0.2, 0) is 24.4 Å². The number of ether oxygens (including phenoxy) is 1. The lowest BCUT2D eigenvalue weighted by atomic mass is 10.3. The molecule has 12 heteroatoms. The van der Waals surface area contributed by atoms with Gasteiger partial charge in [-0.2, -0.15) is 13.2 Å². The number of aromatic amines is 1. The lowest BCUT2D eigenvalue weighted by Gasteiger charge is -2.17. The number of esters is 1. The lowest BCUT2D eigenvalue weighted by Crippen LogP contribution is -2.25. The normalized spacial score (nSPS) is 12.1. The van der Waals surface area contributed by atoms with Crippen molar-refractivity contribution in [3.8, 4) is 0 Å². The van der Waals surface area contributed by atoms with Gasteiger partial charge in [0.15, 0.2) is 5.65 Å². The first-order valence-corrected chi connectivity index (χ1v) is 8.70. The second-order valence-corrected chi connectivity index (χ2v) is 6.41. The van der Waals surface area contributed by atoms with Crippen molar-refractivity contribution in [2.45, 2.75) is 32.7 Å². The van der Waals surface area contributed by atoms with Crippen molar-refractivity contribution in [2.24, 2.45) is 0 Å². The van der Waals surface area contributed by atoms with Gasteiger partial charge in [0.05, 0.1) is 18.8 Å². The molecule has 0 atom stereocenters. The van der Waals surface area contributed by atoms with Crippen LogP contribution >= 0.6 is 0 Å². The number of carbonyl (C=O) groups is 1. The first-order valence-electron chi connectivity index (χ1n) is 8.70. The van der Waals surface area contributed by atoms with E-state index in [1.807, 2.05) is 0 Å². The number of halogens is 3. The van der Waals surface area contributed by atoms with Crippen molar-refractivity contribution in [1.29, 1.82) is 0 Å². The van der Waals surface area contributed by atoms with Gasteiger partial charge < -0.3 is 9.30 Å². The van der Waals surface area contributed by atoms with Crippen molar-refractivity contribution in [1.82, 2.24) is 29.0 Å². The van der Waals surface area contributed by atoms with Gasteiger partial charge in [-0.25, -0.2) is 19.3 Å². The summed E-state index contributed by atoms with van der Waals surface area (Å²) in [5.41, 5.74) is 0.177. The zero-order valence-electron chi connectivity index (χ0n) is 15.7. The smallest absolute Gasteiger partial charge is 0.406 e. The third-order valence-corrected chi connectivity index (χ3v) is 4.04. The highest BCUT2D eigenvalue weighted by molar-refractivity contribution is 5.95. The number of nitrogens with one attached hydrogen (secondary N) is 1. The lowest BCUT2D eigenvalue weighted by molar-refractivity contribution is -0.141. The van der Waals surface area contributed by atoms with Gasteiger partial charge in [0, 0.05) is 31.2 Å². The number of H-pyrrole nitrogens is 1. The molecule has 3 heterocycles. The number of imidazole rings is 1. The molecule has 0 radical (unpaired) electrons. The highest BCUT2D eigenvalue weighted by Gasteiger charge is 2.29. The average molecular weight is 412 g/mol. The molecule has 156 valence electrons. The molecule has 3 aromatic heterocycles. The van der Waals surface area contributed by atoms with Crippen molar-refractivity contribution in [3.63, 3.8) is 0 Å². The molecule has 0 fully saturated rings. The molecule has 0 aromatic carbocycles. The number of fused-ring (bicyclic) bond motifs is 1. The van der Waals surface area contributed by atoms with E-state index in [4.69, 9.17) is 4.74 Å². The Labute approximate surface area is 162 Å². The molecular weight excluding hydrogens is 393 g/mol. The van der Waals surface area contributed by atoms with Crippen molar-refractivity contribution in [2.75, 3.05) is 13.7 Å². The van der Waals surface area contributed by atoms with Gasteiger partial charge in [0.1, 0.15) is 17.9 Å². The maximum Gasteiger partial charge on any atom is 0.406 e. The maximum absolute atomic E-state index is 12.7. The van der Waals surface area contributed by atoms with Crippen LogP contribution in [0.2, 0.25) is 0 Å². The molecule has 0 aliphatic rings. The van der Waals surface area contributed by atoms with E-state index in [2.05, 4.69) is 15.1 Å². The predicted molar refractivity (Wildman–Crippen MR) is 95.2 cm³/mol. The number of hydrogen-bond donors (Lipinski definition) is 1. The Balaban J connectivity index is 1.80. The molecule has 0 aliphatic carbocycles. The SMILES string of the molecule is CCOC(=O)c1c[nH]n2c(=O)cc(CN(C)Cc3nccn3CC(F)(F)F)nc12. The van der Waals surface area contributed by atoms with Crippen LogP contribution in [0.15, 0.2) is 29.5 Å². The highest BCUT2D eigenvalue weighted by Crippen LogP contribution is 2.19. The van der Waals surface area contributed by atoms with Gasteiger partial charge in [0.25, 0.3) is 5.56 Å². The second-order valence-electron chi connectivity index (χ2n) is 6.41.